The number of fused-ring (bicyclic) bond motifs is 3. The molecule has 2 atom stereocenters. The Kier molecular flexibility index (Phi) is 2.30. The van der Waals surface area contributed by atoms with Gasteiger partial charge in [-0.15, -0.1) is 0 Å². The van der Waals surface area contributed by atoms with Gasteiger partial charge in [-0.25, -0.2) is 4.68 Å². The molecule has 0 saturated carbocycles. The van der Waals surface area contributed by atoms with Gasteiger partial charge in [-0.1, -0.05) is 12.1 Å². The van der Waals surface area contributed by atoms with Gasteiger partial charge in [0.2, 0.25) is 0 Å². The molecule has 4 heteroatoms. The number of hydrogen-bond acceptors (Lipinski definition) is 3. The van der Waals surface area contributed by atoms with Crippen molar-refractivity contribution in [3.63, 3.8) is 0 Å². The second-order valence-electron chi connectivity index (χ2n) is 5.14. The van der Waals surface area contributed by atoms with E-state index in [9.17, 15) is 0 Å². The van der Waals surface area contributed by atoms with E-state index in [0.29, 0.717) is 12.1 Å². The molecule has 4 rings (SSSR count). The van der Waals surface area contributed by atoms with Crippen molar-refractivity contribution >= 4 is 16.7 Å². The van der Waals surface area contributed by atoms with Crippen molar-refractivity contribution < 1.29 is 4.74 Å². The van der Waals surface area contributed by atoms with Crippen LogP contribution in [0.1, 0.15) is 25.3 Å². The molecule has 3 heterocycles. The van der Waals surface area contributed by atoms with E-state index in [1.54, 1.807) is 0 Å². The largest absolute Gasteiger partial charge is 0.376 e. The van der Waals surface area contributed by atoms with Crippen LogP contribution in [0.2, 0.25) is 0 Å². The van der Waals surface area contributed by atoms with E-state index in [2.05, 4.69) is 28.2 Å². The number of nitrogens with one attached hydrogen (secondary N) is 1. The number of anilines is 1. The van der Waals surface area contributed by atoms with Crippen LogP contribution < -0.4 is 5.32 Å². The molecule has 1 aromatic heterocycles. The number of rotatable bonds is 1. The van der Waals surface area contributed by atoms with Gasteiger partial charge in [0, 0.05) is 18.5 Å². The van der Waals surface area contributed by atoms with Crippen LogP contribution in [0.3, 0.4) is 0 Å². The lowest BCUT2D eigenvalue weighted by molar-refractivity contribution is 0.0594. The zero-order valence-electron chi connectivity index (χ0n) is 10.3. The van der Waals surface area contributed by atoms with Gasteiger partial charge in [-0.3, -0.25) is 0 Å². The first kappa shape index (κ1) is 10.4. The third-order valence-corrected chi connectivity index (χ3v) is 4.04. The highest BCUT2D eigenvalue weighted by Crippen LogP contribution is 2.35. The second-order valence-corrected chi connectivity index (χ2v) is 5.14. The van der Waals surface area contributed by atoms with Gasteiger partial charge in [0.25, 0.3) is 0 Å². The average molecular weight is 243 g/mol. The highest BCUT2D eigenvalue weighted by atomic mass is 16.5. The van der Waals surface area contributed by atoms with Crippen LogP contribution in [0.4, 0.5) is 5.82 Å². The molecule has 2 aliphatic rings. The van der Waals surface area contributed by atoms with E-state index >= 15 is 0 Å². The van der Waals surface area contributed by atoms with Crippen LogP contribution in [0.15, 0.2) is 24.3 Å². The topological polar surface area (TPSA) is 39.1 Å². The Labute approximate surface area is 106 Å². The Morgan fingerprint density at radius 3 is 3.11 bits per heavy atom. The molecule has 0 amide bonds. The fourth-order valence-electron chi connectivity index (χ4n) is 3.18. The van der Waals surface area contributed by atoms with Crippen LogP contribution in [0.25, 0.3) is 10.9 Å². The third kappa shape index (κ3) is 1.45. The second kappa shape index (κ2) is 3.99. The number of benzene rings is 1. The standard InChI is InChI=1S/C14H17N3O/c1-2-5-11-10(4-1)14-15-8-7-12(17(14)16-11)13-6-3-9-18-13/h1-2,4-5,12-13,15H,3,6-9H2. The predicted octanol–water partition coefficient (Wildman–Crippen LogP) is 2.57. The van der Waals surface area contributed by atoms with Gasteiger partial charge in [-0.05, 0) is 31.4 Å². The summed E-state index contributed by atoms with van der Waals surface area (Å²) in [5, 5.41) is 9.46. The highest BCUT2D eigenvalue weighted by molar-refractivity contribution is 5.90. The molecule has 0 aliphatic carbocycles. The summed E-state index contributed by atoms with van der Waals surface area (Å²) in [6, 6.07) is 8.73. The van der Waals surface area contributed by atoms with Gasteiger partial charge >= 0.3 is 0 Å². The summed E-state index contributed by atoms with van der Waals surface area (Å²) >= 11 is 0. The highest BCUT2D eigenvalue weighted by Gasteiger charge is 2.32. The SMILES string of the molecule is c1ccc2c3n(nc2c1)C(C1CCCO1)CCN3. The summed E-state index contributed by atoms with van der Waals surface area (Å²) in [4.78, 5) is 0. The summed E-state index contributed by atoms with van der Waals surface area (Å²) < 4.78 is 8.01. The van der Waals surface area contributed by atoms with Crippen molar-refractivity contribution in [2.45, 2.75) is 31.4 Å². The van der Waals surface area contributed by atoms with Crippen LogP contribution in [0.5, 0.6) is 0 Å². The predicted molar refractivity (Wildman–Crippen MR) is 70.9 cm³/mol. The summed E-state index contributed by atoms with van der Waals surface area (Å²) in [6.07, 6.45) is 3.80. The Morgan fingerprint density at radius 1 is 1.28 bits per heavy atom. The van der Waals surface area contributed by atoms with E-state index in [1.807, 2.05) is 6.07 Å². The Balaban J connectivity index is 1.83. The number of hydrogen-bond donors (Lipinski definition) is 1. The number of aromatic nitrogens is 2. The summed E-state index contributed by atoms with van der Waals surface area (Å²) in [5.74, 6) is 1.16. The molecule has 1 N–H and O–H groups in total. The van der Waals surface area contributed by atoms with Crippen molar-refractivity contribution in [1.29, 1.82) is 0 Å². The minimum absolute atomic E-state index is 0.347. The molecule has 0 spiro atoms. The van der Waals surface area contributed by atoms with E-state index in [1.165, 1.54) is 18.2 Å². The Bertz CT molecular complexity index is 571. The van der Waals surface area contributed by atoms with Crippen LogP contribution in [-0.2, 0) is 4.74 Å². The summed E-state index contributed by atoms with van der Waals surface area (Å²) in [5.41, 5.74) is 1.07. The molecular formula is C14H17N3O. The van der Waals surface area contributed by atoms with Crippen molar-refractivity contribution in [3.05, 3.63) is 24.3 Å². The van der Waals surface area contributed by atoms with Crippen LogP contribution in [0, 0.1) is 0 Å². The normalized spacial score (nSPS) is 27.1. The maximum atomic E-state index is 5.86. The Morgan fingerprint density at radius 2 is 2.22 bits per heavy atom. The zero-order valence-corrected chi connectivity index (χ0v) is 10.3. The molecule has 2 unspecified atom stereocenters. The van der Waals surface area contributed by atoms with E-state index in [0.717, 1.165) is 30.9 Å². The summed E-state index contributed by atoms with van der Waals surface area (Å²) in [7, 11) is 0. The van der Waals surface area contributed by atoms with Crippen molar-refractivity contribution in [1.82, 2.24) is 9.78 Å². The quantitative estimate of drug-likeness (QED) is 0.836. The van der Waals surface area contributed by atoms with Gasteiger partial charge < -0.3 is 10.1 Å². The number of nitrogens with zero attached hydrogens (tertiary/aromatic N) is 2. The molecule has 18 heavy (non-hydrogen) atoms. The minimum Gasteiger partial charge on any atom is -0.376 e. The summed E-state index contributed by atoms with van der Waals surface area (Å²) in [6.45, 7) is 1.92. The zero-order chi connectivity index (χ0) is 11.9. The van der Waals surface area contributed by atoms with Crippen molar-refractivity contribution in [2.24, 2.45) is 0 Å². The van der Waals surface area contributed by atoms with E-state index < -0.39 is 0 Å². The van der Waals surface area contributed by atoms with E-state index in [4.69, 9.17) is 9.84 Å². The van der Waals surface area contributed by atoms with Gasteiger partial charge in [0.1, 0.15) is 5.82 Å². The smallest absolute Gasteiger partial charge is 0.132 e. The minimum atomic E-state index is 0.347. The van der Waals surface area contributed by atoms with Gasteiger partial charge in [-0.2, -0.15) is 5.10 Å². The lowest BCUT2D eigenvalue weighted by atomic mass is 10.0. The van der Waals surface area contributed by atoms with Crippen LogP contribution in [-0.4, -0.2) is 29.0 Å². The third-order valence-electron chi connectivity index (χ3n) is 4.04. The first-order valence-electron chi connectivity index (χ1n) is 6.76. The molecule has 1 fully saturated rings. The Hall–Kier alpha value is -1.55. The molecule has 1 saturated heterocycles. The first-order chi connectivity index (χ1) is 8.93. The van der Waals surface area contributed by atoms with Crippen molar-refractivity contribution in [2.75, 3.05) is 18.5 Å². The molecular weight excluding hydrogens is 226 g/mol. The molecule has 2 aliphatic heterocycles. The maximum absolute atomic E-state index is 5.86. The van der Waals surface area contributed by atoms with E-state index in [-0.39, 0.29) is 0 Å². The molecule has 1 aromatic carbocycles. The fraction of sp³-hybridized carbons (Fsp3) is 0.500. The van der Waals surface area contributed by atoms with Crippen molar-refractivity contribution in [3.8, 4) is 0 Å². The fourth-order valence-corrected chi connectivity index (χ4v) is 3.18. The average Bonchev–Trinajstić information content (AvgIpc) is 3.05. The van der Waals surface area contributed by atoms with Gasteiger partial charge in [0.15, 0.2) is 0 Å². The molecule has 2 aromatic rings. The number of ether oxygens (including phenoxy) is 1. The molecule has 94 valence electrons. The van der Waals surface area contributed by atoms with Gasteiger partial charge in [0.05, 0.1) is 17.7 Å². The molecule has 0 bridgehead atoms. The first-order valence-corrected chi connectivity index (χ1v) is 6.76. The van der Waals surface area contributed by atoms with Crippen LogP contribution >= 0.6 is 0 Å². The monoisotopic (exact) mass is 243 g/mol. The lowest BCUT2D eigenvalue weighted by Crippen LogP contribution is -2.31. The lowest BCUT2D eigenvalue weighted by Gasteiger charge is -2.29. The maximum Gasteiger partial charge on any atom is 0.132 e. The molecule has 0 radical (unpaired) electrons. The molecule has 4 nitrogen and oxygen atoms in total.